The molecular formula is C11H12O4. The van der Waals surface area contributed by atoms with E-state index in [1.54, 1.807) is 30.4 Å². The molecule has 15 heavy (non-hydrogen) atoms. The molecule has 0 fully saturated rings. The summed E-state index contributed by atoms with van der Waals surface area (Å²) in [4.78, 5) is 0. The molecule has 1 heterocycles. The monoisotopic (exact) mass is 208 g/mol. The molecule has 0 aliphatic carbocycles. The summed E-state index contributed by atoms with van der Waals surface area (Å²) in [6.45, 7) is 0. The number of ether oxygens (including phenoxy) is 3. The second kappa shape index (κ2) is 3.56. The highest BCUT2D eigenvalue weighted by molar-refractivity contribution is 5.62. The van der Waals surface area contributed by atoms with Gasteiger partial charge < -0.3 is 19.3 Å². The van der Waals surface area contributed by atoms with Gasteiger partial charge in [-0.05, 0) is 24.3 Å². The number of rotatable bonds is 2. The maximum atomic E-state index is 9.28. The Bertz CT molecular complexity index is 394. The molecule has 0 bridgehead atoms. The zero-order chi connectivity index (χ0) is 10.9. The number of aromatic hydroxyl groups is 1. The van der Waals surface area contributed by atoms with Crippen molar-refractivity contribution < 1.29 is 19.3 Å². The number of benzene rings is 1. The lowest BCUT2D eigenvalue weighted by molar-refractivity contribution is -0.288. The van der Waals surface area contributed by atoms with Crippen LogP contribution >= 0.6 is 0 Å². The smallest absolute Gasteiger partial charge is 0.348 e. The average Bonchev–Trinajstić information content (AvgIpc) is 2.28. The molecule has 0 aromatic heterocycles. The van der Waals surface area contributed by atoms with E-state index < -0.39 is 5.97 Å². The standard InChI is InChI=1S/C11H12O4/c1-13-11(14-2)6-5-8-7-9(12)3-4-10(8)15-11/h3-7,12H,1-2H3. The molecule has 1 aliphatic rings. The van der Waals surface area contributed by atoms with E-state index in [1.807, 2.05) is 0 Å². The Morgan fingerprint density at radius 1 is 1.27 bits per heavy atom. The van der Waals surface area contributed by atoms with E-state index in [2.05, 4.69) is 0 Å². The number of fused-ring (bicyclic) bond motifs is 1. The second-order valence-electron chi connectivity index (χ2n) is 3.17. The maximum absolute atomic E-state index is 9.28. The normalized spacial score (nSPS) is 16.9. The van der Waals surface area contributed by atoms with Crippen LogP contribution in [0.15, 0.2) is 24.3 Å². The Hall–Kier alpha value is -1.52. The van der Waals surface area contributed by atoms with Crippen LogP contribution in [-0.2, 0) is 9.47 Å². The van der Waals surface area contributed by atoms with Gasteiger partial charge in [-0.2, -0.15) is 0 Å². The van der Waals surface area contributed by atoms with Crippen molar-refractivity contribution in [3.05, 3.63) is 29.8 Å². The molecule has 80 valence electrons. The molecule has 0 unspecified atom stereocenters. The summed E-state index contributed by atoms with van der Waals surface area (Å²) in [7, 11) is 3.00. The molecule has 4 nitrogen and oxygen atoms in total. The minimum atomic E-state index is -1.16. The first-order valence-electron chi connectivity index (χ1n) is 4.51. The number of phenols is 1. The fourth-order valence-corrected chi connectivity index (χ4v) is 1.44. The summed E-state index contributed by atoms with van der Waals surface area (Å²) in [6, 6.07) is 4.83. The largest absolute Gasteiger partial charge is 0.508 e. The van der Waals surface area contributed by atoms with Gasteiger partial charge in [0.25, 0.3) is 0 Å². The van der Waals surface area contributed by atoms with Gasteiger partial charge in [-0.3, -0.25) is 0 Å². The van der Waals surface area contributed by atoms with E-state index in [9.17, 15) is 5.11 Å². The van der Waals surface area contributed by atoms with Gasteiger partial charge in [0.15, 0.2) is 0 Å². The van der Waals surface area contributed by atoms with Crippen molar-refractivity contribution in [2.75, 3.05) is 14.2 Å². The first kappa shape index (κ1) is 10.0. The highest BCUT2D eigenvalue weighted by Gasteiger charge is 2.32. The lowest BCUT2D eigenvalue weighted by atomic mass is 10.1. The Morgan fingerprint density at radius 3 is 2.67 bits per heavy atom. The summed E-state index contributed by atoms with van der Waals surface area (Å²) in [5.74, 6) is -0.354. The number of hydrogen-bond donors (Lipinski definition) is 1. The summed E-state index contributed by atoms with van der Waals surface area (Å²) < 4.78 is 15.8. The molecule has 1 aromatic rings. The van der Waals surface area contributed by atoms with Crippen LogP contribution in [0.4, 0.5) is 0 Å². The molecule has 0 saturated heterocycles. The third kappa shape index (κ3) is 1.69. The van der Waals surface area contributed by atoms with Crippen molar-refractivity contribution in [3.8, 4) is 11.5 Å². The van der Waals surface area contributed by atoms with Gasteiger partial charge in [0, 0.05) is 25.9 Å². The first-order valence-corrected chi connectivity index (χ1v) is 4.51. The van der Waals surface area contributed by atoms with Crippen LogP contribution < -0.4 is 4.74 Å². The summed E-state index contributed by atoms with van der Waals surface area (Å²) >= 11 is 0. The SMILES string of the molecule is COC1(OC)C=Cc2cc(O)ccc2O1. The summed E-state index contributed by atoms with van der Waals surface area (Å²) in [6.07, 6.45) is 3.43. The van der Waals surface area contributed by atoms with E-state index in [0.29, 0.717) is 5.75 Å². The lowest BCUT2D eigenvalue weighted by Gasteiger charge is -2.31. The summed E-state index contributed by atoms with van der Waals surface area (Å²) in [5, 5.41) is 9.28. The van der Waals surface area contributed by atoms with E-state index in [0.717, 1.165) is 5.56 Å². The zero-order valence-electron chi connectivity index (χ0n) is 8.56. The van der Waals surface area contributed by atoms with Gasteiger partial charge in [0.2, 0.25) is 0 Å². The molecular weight excluding hydrogens is 196 g/mol. The Balaban J connectivity index is 2.39. The van der Waals surface area contributed by atoms with Gasteiger partial charge in [-0.25, -0.2) is 0 Å². The molecule has 0 radical (unpaired) electrons. The highest BCUT2D eigenvalue weighted by atomic mass is 16.9. The van der Waals surface area contributed by atoms with E-state index >= 15 is 0 Å². The van der Waals surface area contributed by atoms with Crippen LogP contribution in [0.25, 0.3) is 6.08 Å². The molecule has 0 saturated carbocycles. The van der Waals surface area contributed by atoms with Crippen molar-refractivity contribution in [2.45, 2.75) is 5.97 Å². The molecule has 1 aromatic carbocycles. The first-order chi connectivity index (χ1) is 7.19. The van der Waals surface area contributed by atoms with Gasteiger partial charge in [0.05, 0.1) is 0 Å². The molecule has 0 atom stereocenters. The van der Waals surface area contributed by atoms with Crippen LogP contribution in [0, 0.1) is 0 Å². The van der Waals surface area contributed by atoms with Crippen molar-refractivity contribution >= 4 is 6.08 Å². The fraction of sp³-hybridized carbons (Fsp3) is 0.273. The van der Waals surface area contributed by atoms with E-state index in [-0.39, 0.29) is 5.75 Å². The number of methoxy groups -OCH3 is 2. The highest BCUT2D eigenvalue weighted by Crippen LogP contribution is 2.33. The van der Waals surface area contributed by atoms with Gasteiger partial charge >= 0.3 is 5.97 Å². The van der Waals surface area contributed by atoms with Crippen molar-refractivity contribution in [1.29, 1.82) is 0 Å². The molecule has 0 amide bonds. The molecule has 2 rings (SSSR count). The van der Waals surface area contributed by atoms with Crippen LogP contribution in [0.5, 0.6) is 11.5 Å². The van der Waals surface area contributed by atoms with E-state index in [1.165, 1.54) is 14.2 Å². The van der Waals surface area contributed by atoms with Gasteiger partial charge in [0.1, 0.15) is 11.5 Å². The second-order valence-corrected chi connectivity index (χ2v) is 3.17. The van der Waals surface area contributed by atoms with Crippen LogP contribution in [-0.4, -0.2) is 25.3 Å². The van der Waals surface area contributed by atoms with Gasteiger partial charge in [-0.15, -0.1) is 0 Å². The van der Waals surface area contributed by atoms with Crippen molar-refractivity contribution in [3.63, 3.8) is 0 Å². The topological polar surface area (TPSA) is 47.9 Å². The van der Waals surface area contributed by atoms with Crippen molar-refractivity contribution in [1.82, 2.24) is 0 Å². The zero-order valence-corrected chi connectivity index (χ0v) is 8.56. The average molecular weight is 208 g/mol. The molecule has 1 N–H and O–H groups in total. The molecule has 4 heteroatoms. The van der Waals surface area contributed by atoms with Crippen LogP contribution in [0.2, 0.25) is 0 Å². The van der Waals surface area contributed by atoms with Crippen molar-refractivity contribution in [2.24, 2.45) is 0 Å². The van der Waals surface area contributed by atoms with Crippen LogP contribution in [0.1, 0.15) is 5.56 Å². The molecule has 0 spiro atoms. The molecule has 1 aliphatic heterocycles. The maximum Gasteiger partial charge on any atom is 0.348 e. The number of hydrogen-bond acceptors (Lipinski definition) is 4. The quantitative estimate of drug-likeness (QED) is 0.752. The third-order valence-electron chi connectivity index (χ3n) is 2.28. The van der Waals surface area contributed by atoms with E-state index in [4.69, 9.17) is 14.2 Å². The third-order valence-corrected chi connectivity index (χ3v) is 2.28. The predicted molar refractivity (Wildman–Crippen MR) is 54.5 cm³/mol. The minimum absolute atomic E-state index is 0.198. The summed E-state index contributed by atoms with van der Waals surface area (Å²) in [5.41, 5.74) is 0.791. The predicted octanol–water partition coefficient (Wildman–Crippen LogP) is 1.74. The Labute approximate surface area is 87.7 Å². The fourth-order valence-electron chi connectivity index (χ4n) is 1.44. The Morgan fingerprint density at radius 2 is 2.00 bits per heavy atom. The van der Waals surface area contributed by atoms with Crippen LogP contribution in [0.3, 0.4) is 0 Å². The minimum Gasteiger partial charge on any atom is -0.508 e. The van der Waals surface area contributed by atoms with Gasteiger partial charge in [-0.1, -0.05) is 0 Å². The Kier molecular flexibility index (Phi) is 2.38. The lowest BCUT2D eigenvalue weighted by Crippen LogP contribution is -2.39. The number of phenolic OH excluding ortho intramolecular Hbond substituents is 1.